The summed E-state index contributed by atoms with van der Waals surface area (Å²) in [6, 6.07) is 1.17. The highest BCUT2D eigenvalue weighted by Crippen LogP contribution is 2.20. The molecule has 2 N–H and O–H groups in total. The fourth-order valence-electron chi connectivity index (χ4n) is 2.26. The summed E-state index contributed by atoms with van der Waals surface area (Å²) in [4.78, 5) is 17.7. The van der Waals surface area contributed by atoms with E-state index in [1.54, 1.807) is 4.90 Å². The molecule has 4 nitrogen and oxygen atoms in total. The largest absolute Gasteiger partial charge is 0.383 e. The third kappa shape index (κ3) is 2.78. The van der Waals surface area contributed by atoms with E-state index in [0.717, 1.165) is 25.5 Å². The van der Waals surface area contributed by atoms with Crippen LogP contribution >= 0.6 is 0 Å². The smallest absolute Gasteiger partial charge is 0.257 e. The van der Waals surface area contributed by atoms with E-state index in [-0.39, 0.29) is 17.3 Å². The van der Waals surface area contributed by atoms with Crippen molar-refractivity contribution in [2.75, 3.05) is 18.8 Å². The van der Waals surface area contributed by atoms with Gasteiger partial charge in [0.1, 0.15) is 11.6 Å². The fourth-order valence-corrected chi connectivity index (χ4v) is 2.26. The summed E-state index contributed by atoms with van der Waals surface area (Å²) in [6.45, 7) is 3.60. The first-order valence-corrected chi connectivity index (χ1v) is 6.28. The van der Waals surface area contributed by atoms with Crippen molar-refractivity contribution < 1.29 is 9.18 Å². The van der Waals surface area contributed by atoms with Crippen LogP contribution in [0.15, 0.2) is 12.3 Å². The van der Waals surface area contributed by atoms with E-state index >= 15 is 0 Å². The molecule has 2 rings (SSSR count). The molecule has 0 aromatic carbocycles. The van der Waals surface area contributed by atoms with Crippen LogP contribution in [-0.4, -0.2) is 28.9 Å². The minimum absolute atomic E-state index is 0.0960. The molecule has 2 heterocycles. The van der Waals surface area contributed by atoms with Crippen molar-refractivity contribution in [3.8, 4) is 0 Å². The van der Waals surface area contributed by atoms with Gasteiger partial charge in [0.2, 0.25) is 0 Å². The highest BCUT2D eigenvalue weighted by Gasteiger charge is 2.22. The van der Waals surface area contributed by atoms with Crippen LogP contribution in [0.2, 0.25) is 0 Å². The number of carbonyl (C=O) groups is 1. The molecule has 0 saturated carbocycles. The number of nitrogens with zero attached hydrogens (tertiary/aromatic N) is 2. The summed E-state index contributed by atoms with van der Waals surface area (Å²) in [7, 11) is 0. The van der Waals surface area contributed by atoms with Crippen LogP contribution in [0, 0.1) is 11.7 Å². The molecule has 0 bridgehead atoms. The number of nitrogen functional groups attached to an aromatic ring is 1. The lowest BCUT2D eigenvalue weighted by molar-refractivity contribution is 0.0760. The molecule has 0 aliphatic carbocycles. The lowest BCUT2D eigenvalue weighted by atomic mass is 10.0. The highest BCUT2D eigenvalue weighted by atomic mass is 19.1. The van der Waals surface area contributed by atoms with Gasteiger partial charge in [0.15, 0.2) is 0 Å². The zero-order valence-electron chi connectivity index (χ0n) is 10.5. The molecule has 1 fully saturated rings. The predicted octanol–water partition coefficient (Wildman–Crippen LogP) is 2.07. The van der Waals surface area contributed by atoms with Crippen LogP contribution in [0.1, 0.15) is 36.5 Å². The van der Waals surface area contributed by atoms with Crippen molar-refractivity contribution in [2.45, 2.75) is 26.2 Å². The first-order valence-electron chi connectivity index (χ1n) is 6.28. The average Bonchev–Trinajstić information content (AvgIpc) is 2.56. The summed E-state index contributed by atoms with van der Waals surface area (Å²) in [5.41, 5.74) is 5.81. The Hall–Kier alpha value is -1.65. The maximum atomic E-state index is 13.1. The van der Waals surface area contributed by atoms with Crippen LogP contribution in [0.5, 0.6) is 0 Å². The first kappa shape index (κ1) is 12.8. The van der Waals surface area contributed by atoms with Crippen LogP contribution in [0.3, 0.4) is 0 Å². The van der Waals surface area contributed by atoms with Gasteiger partial charge < -0.3 is 10.6 Å². The monoisotopic (exact) mass is 251 g/mol. The van der Waals surface area contributed by atoms with Gasteiger partial charge in [-0.1, -0.05) is 6.92 Å². The molecule has 1 atom stereocenters. The third-order valence-corrected chi connectivity index (χ3v) is 3.42. The van der Waals surface area contributed by atoms with Gasteiger partial charge in [0, 0.05) is 13.1 Å². The number of rotatable bonds is 1. The SMILES string of the molecule is CC1CCCN(C(=O)c2cc(F)cnc2N)CC1. The fraction of sp³-hybridized carbons (Fsp3) is 0.538. The molecule has 1 aliphatic heterocycles. The summed E-state index contributed by atoms with van der Waals surface area (Å²) >= 11 is 0. The van der Waals surface area contributed by atoms with Crippen molar-refractivity contribution in [3.63, 3.8) is 0 Å². The molecule has 1 saturated heterocycles. The Kier molecular flexibility index (Phi) is 3.79. The Labute approximate surface area is 106 Å². The number of likely N-dealkylation sites (tertiary alicyclic amines) is 1. The molecule has 1 unspecified atom stereocenters. The third-order valence-electron chi connectivity index (χ3n) is 3.42. The van der Waals surface area contributed by atoms with Crippen molar-refractivity contribution in [1.82, 2.24) is 9.88 Å². The van der Waals surface area contributed by atoms with E-state index in [9.17, 15) is 9.18 Å². The van der Waals surface area contributed by atoms with Crippen molar-refractivity contribution in [1.29, 1.82) is 0 Å². The number of carbonyl (C=O) groups excluding carboxylic acids is 1. The zero-order valence-corrected chi connectivity index (χ0v) is 10.5. The van der Waals surface area contributed by atoms with E-state index in [4.69, 9.17) is 5.73 Å². The van der Waals surface area contributed by atoms with Crippen molar-refractivity contribution in [2.24, 2.45) is 5.92 Å². The molecular formula is C13H18FN3O. The van der Waals surface area contributed by atoms with Gasteiger partial charge in [-0.3, -0.25) is 4.79 Å². The van der Waals surface area contributed by atoms with E-state index in [1.807, 2.05) is 0 Å². The predicted molar refractivity (Wildman–Crippen MR) is 67.5 cm³/mol. The summed E-state index contributed by atoms with van der Waals surface area (Å²) in [5.74, 6) is -0.0196. The van der Waals surface area contributed by atoms with Gasteiger partial charge in [-0.05, 0) is 31.2 Å². The Bertz CT molecular complexity index is 450. The second-order valence-electron chi connectivity index (χ2n) is 4.91. The normalized spacial score (nSPS) is 20.6. The molecule has 18 heavy (non-hydrogen) atoms. The highest BCUT2D eigenvalue weighted by molar-refractivity contribution is 5.98. The lowest BCUT2D eigenvalue weighted by Gasteiger charge is -2.21. The molecular weight excluding hydrogens is 233 g/mol. The Morgan fingerprint density at radius 1 is 1.50 bits per heavy atom. The molecule has 0 spiro atoms. The summed E-state index contributed by atoms with van der Waals surface area (Å²) < 4.78 is 13.1. The molecule has 1 aromatic heterocycles. The van der Waals surface area contributed by atoms with E-state index in [1.165, 1.54) is 6.07 Å². The number of pyridine rings is 1. The van der Waals surface area contributed by atoms with Gasteiger partial charge in [-0.15, -0.1) is 0 Å². The summed E-state index contributed by atoms with van der Waals surface area (Å²) in [5, 5.41) is 0. The van der Waals surface area contributed by atoms with Gasteiger partial charge in [0.05, 0.1) is 11.8 Å². The van der Waals surface area contributed by atoms with Crippen LogP contribution in [-0.2, 0) is 0 Å². The van der Waals surface area contributed by atoms with Crippen molar-refractivity contribution in [3.05, 3.63) is 23.6 Å². The van der Waals surface area contributed by atoms with Crippen LogP contribution < -0.4 is 5.73 Å². The van der Waals surface area contributed by atoms with Crippen LogP contribution in [0.25, 0.3) is 0 Å². The Morgan fingerprint density at radius 2 is 2.28 bits per heavy atom. The second-order valence-corrected chi connectivity index (χ2v) is 4.91. The van der Waals surface area contributed by atoms with Gasteiger partial charge in [-0.25, -0.2) is 9.37 Å². The minimum Gasteiger partial charge on any atom is -0.383 e. The van der Waals surface area contributed by atoms with Gasteiger partial charge >= 0.3 is 0 Å². The first-order chi connectivity index (χ1) is 8.58. The van der Waals surface area contributed by atoms with Gasteiger partial charge in [-0.2, -0.15) is 0 Å². The summed E-state index contributed by atoms with van der Waals surface area (Å²) in [6.07, 6.45) is 4.11. The Morgan fingerprint density at radius 3 is 3.06 bits per heavy atom. The quantitative estimate of drug-likeness (QED) is 0.831. The maximum absolute atomic E-state index is 13.1. The van der Waals surface area contributed by atoms with Crippen LogP contribution in [0.4, 0.5) is 10.2 Å². The number of hydrogen-bond acceptors (Lipinski definition) is 3. The minimum atomic E-state index is -0.532. The average molecular weight is 251 g/mol. The number of nitrogens with two attached hydrogens (primary N) is 1. The van der Waals surface area contributed by atoms with E-state index in [2.05, 4.69) is 11.9 Å². The number of aromatic nitrogens is 1. The topological polar surface area (TPSA) is 59.2 Å². The van der Waals surface area contributed by atoms with E-state index < -0.39 is 5.82 Å². The molecule has 98 valence electrons. The standard InChI is InChI=1S/C13H18FN3O/c1-9-3-2-5-17(6-4-9)13(18)11-7-10(14)8-16-12(11)15/h7-9H,2-6H2,1H3,(H2,15,16). The molecule has 5 heteroatoms. The number of amides is 1. The number of hydrogen-bond donors (Lipinski definition) is 1. The molecule has 1 aliphatic rings. The molecule has 0 radical (unpaired) electrons. The lowest BCUT2D eigenvalue weighted by Crippen LogP contribution is -2.32. The number of halogens is 1. The Balaban J connectivity index is 2.17. The van der Waals surface area contributed by atoms with E-state index in [0.29, 0.717) is 19.0 Å². The second kappa shape index (κ2) is 5.33. The maximum Gasteiger partial charge on any atom is 0.257 e. The van der Waals surface area contributed by atoms with Gasteiger partial charge in [0.25, 0.3) is 5.91 Å². The molecule has 1 aromatic rings. The number of anilines is 1. The zero-order chi connectivity index (χ0) is 13.1. The molecule has 1 amide bonds. The van der Waals surface area contributed by atoms with Crippen molar-refractivity contribution >= 4 is 11.7 Å².